The molecule has 0 aliphatic carbocycles. The van der Waals surface area contributed by atoms with Crippen molar-refractivity contribution in [2.45, 2.75) is 18.6 Å². The average molecular weight is 344 g/mol. The zero-order chi connectivity index (χ0) is 16.2. The summed E-state index contributed by atoms with van der Waals surface area (Å²) in [6.07, 6.45) is -0.504. The number of hydrogen-bond acceptors (Lipinski definition) is 5. The molecule has 1 heterocycles. The fourth-order valence-corrected chi connectivity index (χ4v) is 4.49. The van der Waals surface area contributed by atoms with Crippen molar-refractivity contribution in [1.29, 1.82) is 0 Å². The number of anilines is 1. The summed E-state index contributed by atoms with van der Waals surface area (Å²) in [7, 11) is -3.06. The molecule has 2 atom stereocenters. The molecule has 122 valence electrons. The van der Waals surface area contributed by atoms with Gasteiger partial charge in [-0.2, -0.15) is 0 Å². The normalized spacial score (nSPS) is 21.3. The van der Waals surface area contributed by atoms with E-state index >= 15 is 0 Å². The maximum absolute atomic E-state index is 11.7. The minimum Gasteiger partial charge on any atom is -0.394 e. The molecule has 0 spiro atoms. The van der Waals surface area contributed by atoms with Crippen LogP contribution >= 0.6 is 12.2 Å². The van der Waals surface area contributed by atoms with E-state index in [0.717, 1.165) is 5.69 Å². The minimum atomic E-state index is -3.06. The summed E-state index contributed by atoms with van der Waals surface area (Å²) >= 11 is 5.36. The first-order valence-electron chi connectivity index (χ1n) is 7.03. The Morgan fingerprint density at radius 1 is 1.41 bits per heavy atom. The molecule has 22 heavy (non-hydrogen) atoms. The van der Waals surface area contributed by atoms with Crippen molar-refractivity contribution in [3.63, 3.8) is 0 Å². The van der Waals surface area contributed by atoms with E-state index in [9.17, 15) is 13.5 Å². The van der Waals surface area contributed by atoms with E-state index in [1.807, 2.05) is 30.3 Å². The molecule has 1 aliphatic heterocycles. The predicted molar refractivity (Wildman–Crippen MR) is 89.5 cm³/mol. The second-order valence-electron chi connectivity index (χ2n) is 5.34. The zero-order valence-corrected chi connectivity index (χ0v) is 13.7. The van der Waals surface area contributed by atoms with Crippen LogP contribution in [0.3, 0.4) is 0 Å². The number of hydrogen-bond donors (Lipinski definition) is 3. The van der Waals surface area contributed by atoms with Gasteiger partial charge in [-0.05, 0) is 30.8 Å². The van der Waals surface area contributed by atoms with Crippen LogP contribution in [0, 0.1) is 0 Å². The molecule has 1 aromatic rings. The Hall–Kier alpha value is -1.22. The Morgan fingerprint density at radius 3 is 2.64 bits per heavy atom. The lowest BCUT2D eigenvalue weighted by Gasteiger charge is -2.32. The molecule has 1 fully saturated rings. The summed E-state index contributed by atoms with van der Waals surface area (Å²) in [5.74, 6) is 0.138. The third kappa shape index (κ3) is 4.64. The minimum absolute atomic E-state index is 0.0156. The number of sulfone groups is 1. The van der Waals surface area contributed by atoms with E-state index in [1.54, 1.807) is 4.90 Å². The highest BCUT2D eigenvalue weighted by molar-refractivity contribution is 7.91. The molecule has 8 heteroatoms. The lowest BCUT2D eigenvalue weighted by molar-refractivity contribution is 0.0705. The maximum Gasteiger partial charge on any atom is 0.173 e. The Labute approximate surface area is 135 Å². The van der Waals surface area contributed by atoms with Crippen LogP contribution in [0.15, 0.2) is 30.3 Å². The molecule has 1 aliphatic rings. The summed E-state index contributed by atoms with van der Waals surface area (Å²) in [5, 5.41) is 22.1. The summed E-state index contributed by atoms with van der Waals surface area (Å²) in [5.41, 5.74) is 0.789. The van der Waals surface area contributed by atoms with Gasteiger partial charge >= 0.3 is 0 Å². The van der Waals surface area contributed by atoms with E-state index in [-0.39, 0.29) is 24.1 Å². The summed E-state index contributed by atoms with van der Waals surface area (Å²) in [6, 6.07) is 9.01. The number of thiocarbonyl (C=S) groups is 1. The first kappa shape index (κ1) is 17.1. The standard InChI is InChI=1S/C14H20N2O4S2/c17-9-13(18)8-16(12-6-7-22(19,20)10-12)14(21)15-11-4-2-1-3-5-11/h1-5,12-13,17-18H,6-10H2,(H,15,21)/t12-,13-/m1/s1. The van der Waals surface area contributed by atoms with E-state index in [0.29, 0.717) is 11.5 Å². The first-order chi connectivity index (χ1) is 10.4. The Morgan fingerprint density at radius 2 is 2.09 bits per heavy atom. The molecular weight excluding hydrogens is 324 g/mol. The molecule has 0 radical (unpaired) electrons. The lowest BCUT2D eigenvalue weighted by atomic mass is 10.2. The van der Waals surface area contributed by atoms with E-state index in [1.165, 1.54) is 0 Å². The van der Waals surface area contributed by atoms with Crippen LogP contribution < -0.4 is 5.32 Å². The highest BCUT2D eigenvalue weighted by atomic mass is 32.2. The third-order valence-corrected chi connectivity index (χ3v) is 5.64. The molecule has 2 rings (SSSR count). The second-order valence-corrected chi connectivity index (χ2v) is 7.96. The van der Waals surface area contributed by atoms with Crippen LogP contribution in [0.5, 0.6) is 0 Å². The number of aliphatic hydroxyl groups excluding tert-OH is 2. The van der Waals surface area contributed by atoms with Crippen molar-refractivity contribution in [1.82, 2.24) is 4.90 Å². The molecular formula is C14H20N2O4S2. The van der Waals surface area contributed by atoms with Gasteiger partial charge in [0.15, 0.2) is 14.9 Å². The molecule has 0 saturated carbocycles. The molecule has 0 unspecified atom stereocenters. The van der Waals surface area contributed by atoms with Crippen molar-refractivity contribution in [3.05, 3.63) is 30.3 Å². The quantitative estimate of drug-likeness (QED) is 0.659. The molecule has 6 nitrogen and oxygen atoms in total. The summed E-state index contributed by atoms with van der Waals surface area (Å²) in [4.78, 5) is 1.66. The fraction of sp³-hybridized carbons (Fsp3) is 0.500. The molecule has 0 bridgehead atoms. The van der Waals surface area contributed by atoms with Gasteiger partial charge in [-0.3, -0.25) is 0 Å². The van der Waals surface area contributed by atoms with Gasteiger partial charge in [-0.25, -0.2) is 8.42 Å². The van der Waals surface area contributed by atoms with Crippen molar-refractivity contribution in [2.75, 3.05) is 30.0 Å². The number of nitrogens with zero attached hydrogens (tertiary/aromatic N) is 1. The van der Waals surface area contributed by atoms with Gasteiger partial charge in [-0.15, -0.1) is 0 Å². The third-order valence-electron chi connectivity index (χ3n) is 3.55. The molecule has 1 saturated heterocycles. The topological polar surface area (TPSA) is 89.9 Å². The number of para-hydroxylation sites is 1. The molecule has 0 amide bonds. The predicted octanol–water partition coefficient (Wildman–Crippen LogP) is 0.226. The van der Waals surface area contributed by atoms with Crippen LogP contribution in [0.25, 0.3) is 0 Å². The largest absolute Gasteiger partial charge is 0.394 e. The Kier molecular flexibility index (Phi) is 5.74. The van der Waals surface area contributed by atoms with Crippen LogP contribution in [-0.4, -0.2) is 65.4 Å². The summed E-state index contributed by atoms with van der Waals surface area (Å²) in [6.45, 7) is -0.306. The van der Waals surface area contributed by atoms with Gasteiger partial charge in [-0.1, -0.05) is 18.2 Å². The fourth-order valence-electron chi connectivity index (χ4n) is 2.42. The van der Waals surface area contributed by atoms with E-state index < -0.39 is 22.5 Å². The Balaban J connectivity index is 2.11. The van der Waals surface area contributed by atoms with Crippen molar-refractivity contribution >= 4 is 32.9 Å². The number of benzene rings is 1. The van der Waals surface area contributed by atoms with Crippen LogP contribution in [0.1, 0.15) is 6.42 Å². The number of nitrogens with one attached hydrogen (secondary N) is 1. The maximum atomic E-state index is 11.7. The van der Waals surface area contributed by atoms with E-state index in [4.69, 9.17) is 17.3 Å². The van der Waals surface area contributed by atoms with Gasteiger partial charge in [0, 0.05) is 18.3 Å². The number of aliphatic hydroxyl groups is 2. The van der Waals surface area contributed by atoms with Crippen molar-refractivity contribution in [3.8, 4) is 0 Å². The molecule has 0 aromatic heterocycles. The van der Waals surface area contributed by atoms with E-state index in [2.05, 4.69) is 5.32 Å². The highest BCUT2D eigenvalue weighted by Gasteiger charge is 2.34. The molecule has 3 N–H and O–H groups in total. The van der Waals surface area contributed by atoms with Gasteiger partial charge in [0.2, 0.25) is 0 Å². The second kappa shape index (κ2) is 7.36. The average Bonchev–Trinajstić information content (AvgIpc) is 2.85. The van der Waals surface area contributed by atoms with Crippen LogP contribution in [-0.2, 0) is 9.84 Å². The monoisotopic (exact) mass is 344 g/mol. The Bertz CT molecular complexity index is 607. The van der Waals surface area contributed by atoms with Gasteiger partial charge in [0.25, 0.3) is 0 Å². The van der Waals surface area contributed by atoms with Crippen molar-refractivity contribution < 1.29 is 18.6 Å². The summed E-state index contributed by atoms with van der Waals surface area (Å²) < 4.78 is 23.4. The lowest BCUT2D eigenvalue weighted by Crippen LogP contribution is -2.47. The molecule has 1 aromatic carbocycles. The number of rotatable bonds is 5. The van der Waals surface area contributed by atoms with Crippen molar-refractivity contribution in [2.24, 2.45) is 0 Å². The highest BCUT2D eigenvalue weighted by Crippen LogP contribution is 2.19. The zero-order valence-electron chi connectivity index (χ0n) is 12.1. The van der Waals surface area contributed by atoms with Gasteiger partial charge in [0.05, 0.1) is 24.2 Å². The van der Waals surface area contributed by atoms with Crippen LogP contribution in [0.2, 0.25) is 0 Å². The van der Waals surface area contributed by atoms with Crippen LogP contribution in [0.4, 0.5) is 5.69 Å². The van der Waals surface area contributed by atoms with Gasteiger partial charge < -0.3 is 20.4 Å². The SMILES string of the molecule is O=S1(=O)CC[C@@H](N(C[C@@H](O)CO)C(=S)Nc2ccccc2)C1. The smallest absolute Gasteiger partial charge is 0.173 e. The first-order valence-corrected chi connectivity index (χ1v) is 9.26. The van der Waals surface area contributed by atoms with Gasteiger partial charge in [0.1, 0.15) is 0 Å².